The first-order chi connectivity index (χ1) is 29.0. The van der Waals surface area contributed by atoms with Crippen LogP contribution in [-0.2, 0) is 47.5 Å². The van der Waals surface area contributed by atoms with Crippen molar-refractivity contribution < 1.29 is 93.5 Å². The normalized spacial score (nSPS) is 45.2. The fourth-order valence-corrected chi connectivity index (χ4v) is 9.23. The molecule has 366 valence electrons. The second-order valence-electron chi connectivity index (χ2n) is 18.8. The minimum atomic E-state index is -1.99. The second kappa shape index (κ2) is 21.8. The van der Waals surface area contributed by atoms with Crippen LogP contribution in [0.3, 0.4) is 0 Å². The van der Waals surface area contributed by atoms with Crippen molar-refractivity contribution in [2.45, 2.75) is 191 Å². The van der Waals surface area contributed by atoms with Gasteiger partial charge >= 0.3 is 11.9 Å². The summed E-state index contributed by atoms with van der Waals surface area (Å²) in [5, 5.41) is 92.7. The van der Waals surface area contributed by atoms with E-state index in [4.69, 9.17) is 48.8 Å². The highest BCUT2D eigenvalue weighted by molar-refractivity contribution is 5.89. The van der Waals surface area contributed by atoms with Gasteiger partial charge in [0.25, 0.3) is 0 Å². The molecular formula is C43H75NO19. The summed E-state index contributed by atoms with van der Waals surface area (Å²) in [6.45, 7) is 15.7. The van der Waals surface area contributed by atoms with Gasteiger partial charge in [-0.25, -0.2) is 4.79 Å². The summed E-state index contributed by atoms with van der Waals surface area (Å²) < 4.78 is 41.4. The van der Waals surface area contributed by atoms with Crippen LogP contribution < -0.4 is 0 Å². The number of hydrogen-bond acceptors (Lipinski definition) is 20. The zero-order valence-corrected chi connectivity index (χ0v) is 38.9. The topological polar surface area (TPSA) is 301 Å². The van der Waals surface area contributed by atoms with Gasteiger partial charge in [-0.15, -0.1) is 0 Å². The first-order valence-corrected chi connectivity index (χ1v) is 21.7. The van der Waals surface area contributed by atoms with Gasteiger partial charge < -0.3 is 84.0 Å². The number of likely N-dealkylation sites (N-methyl/N-ethyl adjacent to an activating group) is 1. The number of aliphatic hydroxyl groups excluding tert-OH is 7. The van der Waals surface area contributed by atoms with Crippen LogP contribution in [0.1, 0.15) is 94.9 Å². The van der Waals surface area contributed by atoms with Crippen molar-refractivity contribution >= 4 is 17.7 Å². The minimum Gasteiger partial charge on any atom is -0.505 e. The summed E-state index contributed by atoms with van der Waals surface area (Å²) in [6, 6.07) is -0.324. The predicted molar refractivity (Wildman–Crippen MR) is 222 cm³/mol. The molecule has 0 bridgehead atoms. The van der Waals surface area contributed by atoms with Gasteiger partial charge in [-0.1, -0.05) is 27.7 Å². The molecule has 20 heteroatoms. The Hall–Kier alpha value is -2.57. The number of ether oxygens (including phenoxy) is 7. The summed E-state index contributed by atoms with van der Waals surface area (Å²) in [4.78, 5) is 40.3. The molecule has 4 rings (SSSR count). The third-order valence-corrected chi connectivity index (χ3v) is 13.3. The van der Waals surface area contributed by atoms with E-state index in [1.165, 1.54) is 27.9 Å². The van der Waals surface area contributed by atoms with E-state index < -0.39 is 144 Å². The number of esters is 2. The number of methoxy groups -OCH3 is 1. The van der Waals surface area contributed by atoms with Gasteiger partial charge in [-0.2, -0.15) is 0 Å². The van der Waals surface area contributed by atoms with E-state index in [9.17, 15) is 39.9 Å². The summed E-state index contributed by atoms with van der Waals surface area (Å²) in [5.41, 5.74) is -4.84. The average molecular weight is 910 g/mol. The monoisotopic (exact) mass is 909 g/mol. The van der Waals surface area contributed by atoms with E-state index in [0.29, 0.717) is 6.42 Å². The number of cyclic esters (lactones) is 2. The minimum absolute atomic E-state index is 0.0936. The zero-order valence-electron chi connectivity index (χ0n) is 38.9. The van der Waals surface area contributed by atoms with Crippen molar-refractivity contribution in [3.8, 4) is 0 Å². The molecule has 0 amide bonds. The lowest BCUT2D eigenvalue weighted by Crippen LogP contribution is -2.61. The Morgan fingerprint density at radius 3 is 1.98 bits per heavy atom. The molecule has 3 fully saturated rings. The largest absolute Gasteiger partial charge is 0.505 e. The summed E-state index contributed by atoms with van der Waals surface area (Å²) >= 11 is 0. The fourth-order valence-electron chi connectivity index (χ4n) is 9.23. The highest BCUT2D eigenvalue weighted by Crippen LogP contribution is 2.41. The molecule has 0 radical (unpaired) electrons. The Bertz CT molecular complexity index is 1570. The van der Waals surface area contributed by atoms with Gasteiger partial charge in [-0.3, -0.25) is 9.59 Å². The van der Waals surface area contributed by atoms with Crippen LogP contribution in [0, 0.1) is 23.7 Å². The van der Waals surface area contributed by atoms with Crippen LogP contribution in [0.5, 0.6) is 0 Å². The Labute approximate surface area is 370 Å². The summed E-state index contributed by atoms with van der Waals surface area (Å²) in [5.74, 6) is -7.76. The molecule has 4 heterocycles. The van der Waals surface area contributed by atoms with Crippen molar-refractivity contribution in [3.63, 3.8) is 0 Å². The smallest absolute Gasteiger partial charge is 0.377 e. The third kappa shape index (κ3) is 12.3. The van der Waals surface area contributed by atoms with E-state index in [2.05, 4.69) is 4.74 Å². The van der Waals surface area contributed by atoms with Crippen LogP contribution in [0.4, 0.5) is 0 Å². The quantitative estimate of drug-likeness (QED) is 0.141. The molecule has 0 aliphatic carbocycles. The number of carbonyl (C=O) groups is 3. The summed E-state index contributed by atoms with van der Waals surface area (Å²) in [6.07, 6.45) is -12.5. The molecular weight excluding hydrogens is 834 g/mol. The molecule has 20 nitrogen and oxygen atoms in total. The molecule has 3 saturated heterocycles. The number of carbonyl (C=O) groups excluding carboxylic acids is 3. The zero-order chi connectivity index (χ0) is 48.3. The van der Waals surface area contributed by atoms with Crippen LogP contribution in [-0.4, -0.2) is 193 Å². The van der Waals surface area contributed by atoms with Gasteiger partial charge in [-0.05, 0) is 74.9 Å². The van der Waals surface area contributed by atoms with Crippen LogP contribution in [0.15, 0.2) is 11.5 Å². The van der Waals surface area contributed by atoms with Gasteiger partial charge in [0.05, 0.1) is 54.2 Å². The lowest BCUT2D eigenvalue weighted by Gasteiger charge is -2.49. The van der Waals surface area contributed by atoms with Crippen LogP contribution in [0.2, 0.25) is 0 Å². The van der Waals surface area contributed by atoms with E-state index in [1.54, 1.807) is 41.5 Å². The average Bonchev–Trinajstić information content (AvgIpc) is 3.48. The Balaban J connectivity index is 0.000000756. The Morgan fingerprint density at radius 2 is 1.48 bits per heavy atom. The molecule has 0 spiro atoms. The van der Waals surface area contributed by atoms with Crippen molar-refractivity contribution in [2.75, 3.05) is 27.8 Å². The Kier molecular flexibility index (Phi) is 19.0. The van der Waals surface area contributed by atoms with E-state index in [1.807, 2.05) is 25.9 Å². The highest BCUT2D eigenvalue weighted by atomic mass is 16.7. The first kappa shape index (κ1) is 54.8. The van der Waals surface area contributed by atoms with E-state index in [-0.39, 0.29) is 31.4 Å². The number of aliphatic hydroxyl groups is 9. The third-order valence-electron chi connectivity index (χ3n) is 13.3. The predicted octanol–water partition coefficient (Wildman–Crippen LogP) is 0.378. The van der Waals surface area contributed by atoms with Gasteiger partial charge in [0.2, 0.25) is 5.76 Å². The van der Waals surface area contributed by atoms with Crippen LogP contribution >= 0.6 is 0 Å². The molecule has 9 N–H and O–H groups in total. The number of rotatable bonds is 9. The van der Waals surface area contributed by atoms with Crippen molar-refractivity contribution in [1.29, 1.82) is 0 Å². The lowest BCUT2D eigenvalue weighted by atomic mass is 9.74. The molecule has 0 aromatic carbocycles. The van der Waals surface area contributed by atoms with Crippen molar-refractivity contribution in [1.82, 2.24) is 4.90 Å². The SMILES string of the molecule is CC[C@H]1OC(=O)[C@H](C)[C@@H](O[C@H]2C[C@@](C)(OC)[C@@H](O)[C@H](C)O2)[C@H](C)[C@@H](O[C@@H]2O[C@H](C)C[C@H](N(C)C)[C@H]2O)[C@](C)(O)C[C@@H](C)C(=O)[C@H](C)[C@@H](O)[C@]1(C)O.O=C1O[C@H]([C@@H](O)CO)C(O)=C1O. The second-order valence-corrected chi connectivity index (χ2v) is 18.8. The van der Waals surface area contributed by atoms with Crippen molar-refractivity contribution in [3.05, 3.63) is 11.5 Å². The van der Waals surface area contributed by atoms with Gasteiger partial charge in [0.15, 0.2) is 24.4 Å². The maximum Gasteiger partial charge on any atom is 0.377 e. The maximum atomic E-state index is 14.1. The summed E-state index contributed by atoms with van der Waals surface area (Å²) in [7, 11) is 5.18. The molecule has 0 aromatic rings. The Morgan fingerprint density at radius 1 is 0.873 bits per heavy atom. The molecule has 20 atom stereocenters. The number of nitrogens with zero attached hydrogens (tertiary/aromatic N) is 1. The van der Waals surface area contributed by atoms with Crippen molar-refractivity contribution in [2.24, 2.45) is 23.7 Å². The van der Waals surface area contributed by atoms with E-state index >= 15 is 0 Å². The lowest BCUT2D eigenvalue weighted by molar-refractivity contribution is -0.318. The molecule has 0 unspecified atom stereocenters. The van der Waals surface area contributed by atoms with E-state index in [0.717, 1.165) is 0 Å². The van der Waals surface area contributed by atoms with Crippen LogP contribution in [0.25, 0.3) is 0 Å². The molecule has 0 saturated carbocycles. The maximum absolute atomic E-state index is 14.1. The highest BCUT2D eigenvalue weighted by Gasteiger charge is 2.53. The number of hydrogen-bond donors (Lipinski definition) is 9. The number of Topliss-reactive ketones (excluding diaryl/α,β-unsaturated/α-hetero) is 1. The molecule has 4 aliphatic heterocycles. The van der Waals surface area contributed by atoms with Gasteiger partial charge in [0, 0.05) is 37.3 Å². The fraction of sp³-hybridized carbons (Fsp3) is 0.884. The molecule has 0 aromatic heterocycles. The molecule has 4 aliphatic rings. The van der Waals surface area contributed by atoms with Gasteiger partial charge in [0.1, 0.15) is 35.8 Å². The molecule has 63 heavy (non-hydrogen) atoms. The first-order valence-electron chi connectivity index (χ1n) is 21.7. The number of ketones is 1. The standard InChI is InChI=1S/C37H67NO13.C6H8O6/c1-14-25-37(10,45)30(41)20(4)27(39)18(2)16-35(8,44)32(51-34-28(40)24(38(11)12)15-19(3)47-34)21(5)29(22(6)33(43)49-25)50-26-17-36(9,46-13)31(42)23(7)48-26;7-1-2(8)5-3(9)4(10)6(11)12-5/h18-26,28-32,34,40-42,44-45H,14-17H2,1-13H3;2,5,7-10H,1H2/t18-,19-,20+,21+,22-,23+,24+,25-,26+,28-,29+,30-,31+,32-,34+,35-,36-,37-;2-,5+/m10/s1.